The maximum Gasteiger partial charge on any atom is 0.127 e. The van der Waals surface area contributed by atoms with Gasteiger partial charge in [-0.15, -0.1) is 0 Å². The number of aliphatic hydroxyl groups is 1. The highest BCUT2D eigenvalue weighted by Gasteiger charge is 2.03. The maximum atomic E-state index is 8.70. The van der Waals surface area contributed by atoms with Crippen LogP contribution >= 0.6 is 0 Å². The molecule has 2 aromatic carbocycles. The number of benzene rings is 2. The average molecular weight is 231 g/mol. The fourth-order valence-electron chi connectivity index (χ4n) is 1.82. The number of ether oxygens (including phenoxy) is 1. The topological polar surface area (TPSA) is 55.5 Å². The van der Waals surface area contributed by atoms with Crippen molar-refractivity contribution >= 4 is 16.5 Å². The van der Waals surface area contributed by atoms with Gasteiger partial charge < -0.3 is 15.6 Å². The number of nitrogen functional groups attached to an aromatic ring is 1. The third kappa shape index (κ3) is 2.68. The second kappa shape index (κ2) is 5.55. The molecule has 0 aliphatic carbocycles. The van der Waals surface area contributed by atoms with Gasteiger partial charge in [0.15, 0.2) is 0 Å². The van der Waals surface area contributed by atoms with Crippen molar-refractivity contribution in [3.05, 3.63) is 36.4 Å². The summed E-state index contributed by atoms with van der Waals surface area (Å²) in [7, 11) is 0. The van der Waals surface area contributed by atoms with Crippen LogP contribution in [0.5, 0.6) is 5.75 Å². The Morgan fingerprint density at radius 2 is 1.76 bits per heavy atom. The van der Waals surface area contributed by atoms with E-state index in [1.807, 2.05) is 36.4 Å². The van der Waals surface area contributed by atoms with Crippen molar-refractivity contribution in [2.45, 2.75) is 12.8 Å². The van der Waals surface area contributed by atoms with Gasteiger partial charge in [-0.25, -0.2) is 0 Å². The average Bonchev–Trinajstić information content (AvgIpc) is 2.37. The first-order chi connectivity index (χ1) is 8.33. The summed E-state index contributed by atoms with van der Waals surface area (Å²) in [6, 6.07) is 11.7. The highest BCUT2D eigenvalue weighted by molar-refractivity contribution is 5.96. The zero-order valence-electron chi connectivity index (χ0n) is 9.73. The summed E-state index contributed by atoms with van der Waals surface area (Å²) in [6.45, 7) is 0.834. The third-order valence-corrected chi connectivity index (χ3v) is 2.73. The summed E-state index contributed by atoms with van der Waals surface area (Å²) in [4.78, 5) is 0. The van der Waals surface area contributed by atoms with Gasteiger partial charge in [0, 0.05) is 23.1 Å². The van der Waals surface area contributed by atoms with E-state index in [1.165, 1.54) is 0 Å². The zero-order chi connectivity index (χ0) is 12.1. The van der Waals surface area contributed by atoms with Gasteiger partial charge in [-0.05, 0) is 25.0 Å². The summed E-state index contributed by atoms with van der Waals surface area (Å²) >= 11 is 0. The van der Waals surface area contributed by atoms with Crippen molar-refractivity contribution in [1.29, 1.82) is 0 Å². The third-order valence-electron chi connectivity index (χ3n) is 2.73. The fourth-order valence-corrected chi connectivity index (χ4v) is 1.82. The minimum absolute atomic E-state index is 0.214. The van der Waals surface area contributed by atoms with Gasteiger partial charge in [-0.1, -0.05) is 24.3 Å². The van der Waals surface area contributed by atoms with Crippen LogP contribution in [0.25, 0.3) is 10.8 Å². The lowest BCUT2D eigenvalue weighted by Crippen LogP contribution is -1.99. The Morgan fingerprint density at radius 1 is 1.00 bits per heavy atom. The second-order valence-corrected chi connectivity index (χ2v) is 3.98. The van der Waals surface area contributed by atoms with E-state index < -0.39 is 0 Å². The van der Waals surface area contributed by atoms with Crippen molar-refractivity contribution in [2.75, 3.05) is 18.9 Å². The van der Waals surface area contributed by atoms with Crippen LogP contribution in [0.2, 0.25) is 0 Å². The highest BCUT2D eigenvalue weighted by atomic mass is 16.5. The molecule has 0 aromatic heterocycles. The molecule has 3 N–H and O–H groups in total. The number of hydrogen-bond acceptors (Lipinski definition) is 3. The van der Waals surface area contributed by atoms with Gasteiger partial charge in [0.2, 0.25) is 0 Å². The smallest absolute Gasteiger partial charge is 0.127 e. The molecule has 0 amide bonds. The summed E-state index contributed by atoms with van der Waals surface area (Å²) in [6.07, 6.45) is 1.63. The van der Waals surface area contributed by atoms with Gasteiger partial charge >= 0.3 is 0 Å². The van der Waals surface area contributed by atoms with Crippen LogP contribution in [0.3, 0.4) is 0 Å². The SMILES string of the molecule is Nc1ccc(OCCCCO)c2ccccc12. The van der Waals surface area contributed by atoms with Gasteiger partial charge in [0.25, 0.3) is 0 Å². The van der Waals surface area contributed by atoms with Crippen LogP contribution in [-0.4, -0.2) is 18.3 Å². The molecule has 90 valence electrons. The molecular formula is C14H17NO2. The molecule has 0 spiro atoms. The summed E-state index contributed by atoms with van der Waals surface area (Å²) in [5.41, 5.74) is 6.68. The molecule has 0 heterocycles. The van der Waals surface area contributed by atoms with E-state index >= 15 is 0 Å². The Balaban J connectivity index is 2.20. The van der Waals surface area contributed by atoms with Crippen LogP contribution < -0.4 is 10.5 Å². The van der Waals surface area contributed by atoms with Crippen molar-refractivity contribution < 1.29 is 9.84 Å². The van der Waals surface area contributed by atoms with E-state index in [9.17, 15) is 0 Å². The normalized spacial score (nSPS) is 10.6. The minimum Gasteiger partial charge on any atom is -0.493 e. The largest absolute Gasteiger partial charge is 0.493 e. The van der Waals surface area contributed by atoms with Crippen LogP contribution in [0, 0.1) is 0 Å². The number of anilines is 1. The van der Waals surface area contributed by atoms with Gasteiger partial charge in [-0.2, -0.15) is 0 Å². The predicted molar refractivity (Wildman–Crippen MR) is 70.2 cm³/mol. The maximum absolute atomic E-state index is 8.70. The van der Waals surface area contributed by atoms with Crippen molar-refractivity contribution in [1.82, 2.24) is 0 Å². The number of rotatable bonds is 5. The first-order valence-electron chi connectivity index (χ1n) is 5.84. The van der Waals surface area contributed by atoms with Crippen molar-refractivity contribution in [3.63, 3.8) is 0 Å². The second-order valence-electron chi connectivity index (χ2n) is 3.98. The number of aliphatic hydroxyl groups excluding tert-OH is 1. The number of hydrogen-bond donors (Lipinski definition) is 2. The highest BCUT2D eigenvalue weighted by Crippen LogP contribution is 2.29. The first kappa shape index (κ1) is 11.7. The predicted octanol–water partition coefficient (Wildman–Crippen LogP) is 2.57. The Hall–Kier alpha value is -1.74. The van der Waals surface area contributed by atoms with Gasteiger partial charge in [0.1, 0.15) is 5.75 Å². The molecule has 0 aliphatic rings. The minimum atomic E-state index is 0.214. The van der Waals surface area contributed by atoms with Crippen molar-refractivity contribution in [3.8, 4) is 5.75 Å². The number of fused-ring (bicyclic) bond motifs is 1. The van der Waals surface area contributed by atoms with Crippen LogP contribution in [-0.2, 0) is 0 Å². The molecule has 0 saturated carbocycles. The molecule has 3 heteroatoms. The molecule has 17 heavy (non-hydrogen) atoms. The number of unbranched alkanes of at least 4 members (excludes halogenated alkanes) is 1. The van der Waals surface area contributed by atoms with E-state index in [0.717, 1.165) is 35.1 Å². The van der Waals surface area contributed by atoms with E-state index in [4.69, 9.17) is 15.6 Å². The van der Waals surface area contributed by atoms with Gasteiger partial charge in [-0.3, -0.25) is 0 Å². The number of nitrogens with two attached hydrogens (primary N) is 1. The van der Waals surface area contributed by atoms with Crippen LogP contribution in [0.1, 0.15) is 12.8 Å². The van der Waals surface area contributed by atoms with E-state index in [-0.39, 0.29) is 6.61 Å². The lowest BCUT2D eigenvalue weighted by Gasteiger charge is -2.10. The quantitative estimate of drug-likeness (QED) is 0.614. The molecule has 0 radical (unpaired) electrons. The summed E-state index contributed by atoms with van der Waals surface area (Å²) in [5, 5.41) is 10.8. The Kier molecular flexibility index (Phi) is 3.83. The van der Waals surface area contributed by atoms with E-state index in [0.29, 0.717) is 6.61 Å². The van der Waals surface area contributed by atoms with Crippen LogP contribution in [0.15, 0.2) is 36.4 Å². The van der Waals surface area contributed by atoms with Gasteiger partial charge in [0.05, 0.1) is 6.61 Å². The van der Waals surface area contributed by atoms with E-state index in [2.05, 4.69) is 0 Å². The lowest BCUT2D eigenvalue weighted by atomic mass is 10.1. The first-order valence-corrected chi connectivity index (χ1v) is 5.84. The molecule has 0 saturated heterocycles. The molecule has 0 fully saturated rings. The zero-order valence-corrected chi connectivity index (χ0v) is 9.73. The monoisotopic (exact) mass is 231 g/mol. The molecule has 2 aromatic rings. The Labute approximate surface area is 101 Å². The van der Waals surface area contributed by atoms with Crippen LogP contribution in [0.4, 0.5) is 5.69 Å². The Bertz CT molecular complexity index is 497. The molecule has 2 rings (SSSR count). The lowest BCUT2D eigenvalue weighted by molar-refractivity contribution is 0.254. The summed E-state index contributed by atoms with van der Waals surface area (Å²) in [5.74, 6) is 0.854. The summed E-state index contributed by atoms with van der Waals surface area (Å²) < 4.78 is 5.71. The molecule has 0 atom stereocenters. The molecule has 0 bridgehead atoms. The molecular weight excluding hydrogens is 214 g/mol. The molecule has 3 nitrogen and oxygen atoms in total. The van der Waals surface area contributed by atoms with Crippen molar-refractivity contribution in [2.24, 2.45) is 0 Å². The molecule has 0 aliphatic heterocycles. The van der Waals surface area contributed by atoms with E-state index in [1.54, 1.807) is 0 Å². The molecule has 0 unspecified atom stereocenters. The standard InChI is InChI=1S/C14H17NO2/c15-13-7-8-14(17-10-4-3-9-16)12-6-2-1-5-11(12)13/h1-2,5-8,16H,3-4,9-10,15H2. The fraction of sp³-hybridized carbons (Fsp3) is 0.286. The Morgan fingerprint density at radius 3 is 2.53 bits per heavy atom.